The van der Waals surface area contributed by atoms with Gasteiger partial charge in [-0.3, -0.25) is 4.99 Å². The Balaban J connectivity index is 2.33. The van der Waals surface area contributed by atoms with Gasteiger partial charge in [0.15, 0.2) is 0 Å². The molecule has 0 aromatic rings. The summed E-state index contributed by atoms with van der Waals surface area (Å²) in [6.45, 7) is 11.2. The maximum Gasteiger partial charge on any atom is 0.0263 e. The molecule has 1 heteroatoms. The molecule has 0 aliphatic carbocycles. The topological polar surface area (TPSA) is 12.4 Å². The van der Waals surface area contributed by atoms with Gasteiger partial charge in [0.1, 0.15) is 0 Å². The highest BCUT2D eigenvalue weighted by molar-refractivity contribution is 5.89. The summed E-state index contributed by atoms with van der Waals surface area (Å²) in [5.74, 6) is 0. The zero-order chi connectivity index (χ0) is 12.2. The Morgan fingerprint density at radius 3 is 2.69 bits per heavy atom. The monoisotopic (exact) mass is 219 g/mol. The molecule has 0 bridgehead atoms. The van der Waals surface area contributed by atoms with Crippen molar-refractivity contribution >= 4 is 5.71 Å². The van der Waals surface area contributed by atoms with Crippen LogP contribution >= 0.6 is 0 Å². The van der Waals surface area contributed by atoms with Gasteiger partial charge in [0.25, 0.3) is 0 Å². The van der Waals surface area contributed by atoms with Crippen molar-refractivity contribution in [2.75, 3.05) is 0 Å². The maximum absolute atomic E-state index is 4.53. The third-order valence-corrected chi connectivity index (χ3v) is 2.92. The Morgan fingerprint density at radius 1 is 1.44 bits per heavy atom. The lowest BCUT2D eigenvalue weighted by Crippen LogP contribution is -2.07. The van der Waals surface area contributed by atoms with Crippen LogP contribution < -0.4 is 0 Å². The molecule has 0 N–H and O–H groups in total. The average Bonchev–Trinajstić information content (AvgIpc) is 2.59. The second kappa shape index (κ2) is 5.47. The molecule has 90 valence electrons. The molecule has 16 heavy (non-hydrogen) atoms. The smallest absolute Gasteiger partial charge is 0.0263 e. The van der Waals surface area contributed by atoms with Gasteiger partial charge in [-0.25, -0.2) is 0 Å². The van der Waals surface area contributed by atoms with Gasteiger partial charge >= 0.3 is 0 Å². The molecule has 0 aromatic heterocycles. The third kappa shape index (κ3) is 4.78. The van der Waals surface area contributed by atoms with Gasteiger partial charge in [-0.05, 0) is 44.1 Å². The number of aliphatic imine (C=N–C) groups is 1. The van der Waals surface area contributed by atoms with E-state index < -0.39 is 0 Å². The molecular weight excluding hydrogens is 194 g/mol. The van der Waals surface area contributed by atoms with E-state index in [0.29, 0.717) is 5.41 Å². The van der Waals surface area contributed by atoms with E-state index in [9.17, 15) is 0 Å². The Hall–Kier alpha value is -0.850. The number of hydrogen-bond donors (Lipinski definition) is 0. The molecule has 1 nitrogen and oxygen atoms in total. The Morgan fingerprint density at radius 2 is 2.12 bits per heavy atom. The molecule has 1 aliphatic heterocycles. The fourth-order valence-corrected chi connectivity index (χ4v) is 1.96. The predicted octanol–water partition coefficient (Wildman–Crippen LogP) is 4.90. The highest BCUT2D eigenvalue weighted by atomic mass is 14.7. The average molecular weight is 219 g/mol. The second-order valence-electron chi connectivity index (χ2n) is 6.03. The lowest BCUT2D eigenvalue weighted by molar-refractivity contribution is 0.408. The first-order valence-corrected chi connectivity index (χ1v) is 6.26. The van der Waals surface area contributed by atoms with Gasteiger partial charge in [0, 0.05) is 18.3 Å². The maximum atomic E-state index is 4.53. The van der Waals surface area contributed by atoms with E-state index in [2.05, 4.69) is 51.9 Å². The van der Waals surface area contributed by atoms with Gasteiger partial charge in [0.2, 0.25) is 0 Å². The SMILES string of the molecule is C/C=C(\C)CCC1=NC=C(CC(C)(C)C)C1. The van der Waals surface area contributed by atoms with Gasteiger partial charge in [-0.2, -0.15) is 0 Å². The molecule has 0 saturated carbocycles. The summed E-state index contributed by atoms with van der Waals surface area (Å²) in [5, 5.41) is 0. The van der Waals surface area contributed by atoms with Crippen molar-refractivity contribution in [1.82, 2.24) is 0 Å². The molecule has 0 radical (unpaired) electrons. The summed E-state index contributed by atoms with van der Waals surface area (Å²) in [7, 11) is 0. The van der Waals surface area contributed by atoms with E-state index >= 15 is 0 Å². The van der Waals surface area contributed by atoms with Gasteiger partial charge < -0.3 is 0 Å². The van der Waals surface area contributed by atoms with Crippen molar-refractivity contribution in [3.63, 3.8) is 0 Å². The molecule has 0 atom stereocenters. The van der Waals surface area contributed by atoms with Crippen LogP contribution in [-0.4, -0.2) is 5.71 Å². The van der Waals surface area contributed by atoms with E-state index in [1.165, 1.54) is 23.3 Å². The Labute approximate surface area is 100 Å². The van der Waals surface area contributed by atoms with E-state index in [0.717, 1.165) is 19.3 Å². The summed E-state index contributed by atoms with van der Waals surface area (Å²) in [5.41, 5.74) is 4.71. The van der Waals surface area contributed by atoms with Crippen LogP contribution in [0.2, 0.25) is 0 Å². The highest BCUT2D eigenvalue weighted by Gasteiger charge is 2.17. The molecule has 0 spiro atoms. The van der Waals surface area contributed by atoms with E-state index in [-0.39, 0.29) is 0 Å². The molecule has 1 heterocycles. The first-order chi connectivity index (χ1) is 7.40. The molecular formula is C15H25N. The van der Waals surface area contributed by atoms with Crippen LogP contribution in [0, 0.1) is 5.41 Å². The van der Waals surface area contributed by atoms with Crippen molar-refractivity contribution in [1.29, 1.82) is 0 Å². The molecule has 1 rings (SSSR count). The first-order valence-electron chi connectivity index (χ1n) is 6.26. The Kier molecular flexibility index (Phi) is 4.52. The molecule has 0 fully saturated rings. The molecule has 0 saturated heterocycles. The van der Waals surface area contributed by atoms with Crippen LogP contribution in [0.5, 0.6) is 0 Å². The molecule has 0 amide bonds. The van der Waals surface area contributed by atoms with E-state index in [4.69, 9.17) is 0 Å². The number of rotatable bonds is 4. The minimum Gasteiger partial charge on any atom is -0.265 e. The van der Waals surface area contributed by atoms with Crippen LogP contribution in [0.4, 0.5) is 0 Å². The number of hydrogen-bond acceptors (Lipinski definition) is 1. The zero-order valence-corrected chi connectivity index (χ0v) is 11.4. The van der Waals surface area contributed by atoms with Crippen molar-refractivity contribution in [3.05, 3.63) is 23.4 Å². The fraction of sp³-hybridized carbons (Fsp3) is 0.667. The zero-order valence-electron chi connectivity index (χ0n) is 11.4. The summed E-state index contributed by atoms with van der Waals surface area (Å²) in [6.07, 6.45) is 8.84. The summed E-state index contributed by atoms with van der Waals surface area (Å²) >= 11 is 0. The third-order valence-electron chi connectivity index (χ3n) is 2.92. The van der Waals surface area contributed by atoms with Crippen molar-refractivity contribution < 1.29 is 0 Å². The fourth-order valence-electron chi connectivity index (χ4n) is 1.96. The van der Waals surface area contributed by atoms with Crippen molar-refractivity contribution in [3.8, 4) is 0 Å². The summed E-state index contributed by atoms with van der Waals surface area (Å²) < 4.78 is 0. The van der Waals surface area contributed by atoms with E-state index in [1.54, 1.807) is 0 Å². The van der Waals surface area contributed by atoms with E-state index in [1.807, 2.05) is 0 Å². The largest absolute Gasteiger partial charge is 0.265 e. The van der Waals surface area contributed by atoms with Gasteiger partial charge in [0.05, 0.1) is 0 Å². The Bertz CT molecular complexity index is 324. The normalized spacial score (nSPS) is 17.4. The lowest BCUT2D eigenvalue weighted by Gasteiger charge is -2.18. The molecule has 0 aromatic carbocycles. The van der Waals surface area contributed by atoms with Crippen LogP contribution in [0.3, 0.4) is 0 Å². The van der Waals surface area contributed by atoms with Crippen molar-refractivity contribution in [2.24, 2.45) is 10.4 Å². The molecule has 1 aliphatic rings. The van der Waals surface area contributed by atoms with Crippen LogP contribution in [0.25, 0.3) is 0 Å². The molecule has 0 unspecified atom stereocenters. The van der Waals surface area contributed by atoms with Crippen LogP contribution in [0.1, 0.15) is 60.3 Å². The standard InChI is InChI=1S/C15H25N/c1-6-12(2)7-8-14-9-13(11-16-14)10-15(3,4)5/h6,11H,7-10H2,1-5H3/b12-6+. The quantitative estimate of drug-likeness (QED) is 0.596. The summed E-state index contributed by atoms with van der Waals surface area (Å²) in [6, 6.07) is 0. The number of nitrogens with zero attached hydrogens (tertiary/aromatic N) is 1. The number of allylic oxidation sites excluding steroid dienone is 3. The highest BCUT2D eigenvalue weighted by Crippen LogP contribution is 2.29. The van der Waals surface area contributed by atoms with Crippen LogP contribution in [0.15, 0.2) is 28.4 Å². The lowest BCUT2D eigenvalue weighted by atomic mass is 9.87. The summed E-state index contributed by atoms with van der Waals surface area (Å²) in [4.78, 5) is 4.53. The first kappa shape index (κ1) is 13.2. The minimum absolute atomic E-state index is 0.385. The van der Waals surface area contributed by atoms with Gasteiger partial charge in [-0.1, -0.05) is 32.4 Å². The minimum atomic E-state index is 0.385. The second-order valence-corrected chi connectivity index (χ2v) is 6.03. The predicted molar refractivity (Wildman–Crippen MR) is 72.9 cm³/mol. The van der Waals surface area contributed by atoms with Crippen LogP contribution in [-0.2, 0) is 0 Å². The van der Waals surface area contributed by atoms with Crippen molar-refractivity contribution in [2.45, 2.75) is 60.3 Å². The van der Waals surface area contributed by atoms with Gasteiger partial charge in [-0.15, -0.1) is 0 Å².